The lowest BCUT2D eigenvalue weighted by atomic mass is 9.93. The van der Waals surface area contributed by atoms with Crippen LogP contribution >= 0.6 is 0 Å². The number of aryl methyl sites for hydroxylation is 2. The standard InChI is InChI=1S/C37H44FN5O5/c1-5-27-30(38)9-8-24-16-26(45)17-28(31(24)27)32-22(2)33-29(18-39-32)34(42-14-6-11-36(4,46)20-42)41-35(40-33)48-21-37-12-7-15-43(37)25(10-13-37)19-47-23(3)44/h8-9,16-18,25,45-46H,5-7,10-15,19-21H2,1-4H3/t25?,36-,37+/m1/s1. The average molecular weight is 658 g/mol. The third-order valence-corrected chi connectivity index (χ3v) is 10.7. The number of pyridine rings is 1. The number of anilines is 1. The number of phenolic OH excluding ortho intramolecular Hbond substituents is 1. The van der Waals surface area contributed by atoms with Crippen LogP contribution < -0.4 is 9.64 Å². The van der Waals surface area contributed by atoms with Gasteiger partial charge in [-0.2, -0.15) is 9.97 Å². The Hall–Kier alpha value is -4.09. The molecule has 2 aromatic heterocycles. The fourth-order valence-corrected chi connectivity index (χ4v) is 8.39. The molecule has 3 atom stereocenters. The zero-order valence-corrected chi connectivity index (χ0v) is 28.2. The van der Waals surface area contributed by atoms with Crippen molar-refractivity contribution < 1.29 is 28.9 Å². The number of phenols is 1. The van der Waals surface area contributed by atoms with Gasteiger partial charge in [-0.25, -0.2) is 4.39 Å². The molecular formula is C37H44FN5O5. The molecular weight excluding hydrogens is 613 g/mol. The van der Waals surface area contributed by atoms with Gasteiger partial charge in [-0.15, -0.1) is 0 Å². The number of halogens is 1. The normalized spacial score (nSPS) is 24.4. The molecule has 1 unspecified atom stereocenters. The molecule has 0 bridgehead atoms. The summed E-state index contributed by atoms with van der Waals surface area (Å²) in [6.07, 6.45) is 7.61. The van der Waals surface area contributed by atoms with Gasteiger partial charge in [0.1, 0.15) is 30.6 Å². The highest BCUT2D eigenvalue weighted by molar-refractivity contribution is 6.03. The lowest BCUT2D eigenvalue weighted by molar-refractivity contribution is -0.142. The first kappa shape index (κ1) is 32.5. The van der Waals surface area contributed by atoms with Crippen LogP contribution in [0.15, 0.2) is 30.5 Å². The van der Waals surface area contributed by atoms with Crippen LogP contribution in [-0.2, 0) is 16.0 Å². The van der Waals surface area contributed by atoms with Gasteiger partial charge in [0.15, 0.2) is 0 Å². The van der Waals surface area contributed by atoms with Crippen molar-refractivity contribution in [2.45, 2.75) is 89.8 Å². The Kier molecular flexibility index (Phi) is 8.40. The van der Waals surface area contributed by atoms with Gasteiger partial charge >= 0.3 is 12.0 Å². The molecule has 0 amide bonds. The smallest absolute Gasteiger partial charge is 0.319 e. The lowest BCUT2D eigenvalue weighted by Crippen LogP contribution is -2.48. The summed E-state index contributed by atoms with van der Waals surface area (Å²) < 4.78 is 27.0. The van der Waals surface area contributed by atoms with Crippen molar-refractivity contribution in [1.82, 2.24) is 19.9 Å². The molecule has 4 aromatic rings. The van der Waals surface area contributed by atoms with Crippen molar-refractivity contribution in [3.8, 4) is 23.0 Å². The number of carbonyl (C=O) groups is 1. The van der Waals surface area contributed by atoms with E-state index in [1.807, 2.05) is 20.8 Å². The minimum absolute atomic E-state index is 0.0688. The van der Waals surface area contributed by atoms with Crippen LogP contribution in [-0.4, -0.2) is 86.1 Å². The first-order chi connectivity index (χ1) is 23.0. The molecule has 0 saturated carbocycles. The number of carbonyl (C=O) groups excluding carboxylic acids is 1. The van der Waals surface area contributed by atoms with E-state index in [1.165, 1.54) is 13.0 Å². The Morgan fingerprint density at radius 3 is 2.73 bits per heavy atom. The number of piperidine rings is 1. The van der Waals surface area contributed by atoms with Crippen molar-refractivity contribution >= 4 is 33.5 Å². The number of aliphatic hydroxyl groups is 1. The van der Waals surface area contributed by atoms with E-state index in [4.69, 9.17) is 24.4 Å². The van der Waals surface area contributed by atoms with E-state index in [0.29, 0.717) is 72.7 Å². The summed E-state index contributed by atoms with van der Waals surface area (Å²) in [4.78, 5) is 30.9. The number of ether oxygens (including phenoxy) is 2. The van der Waals surface area contributed by atoms with E-state index >= 15 is 4.39 Å². The summed E-state index contributed by atoms with van der Waals surface area (Å²) in [5, 5.41) is 23.9. The summed E-state index contributed by atoms with van der Waals surface area (Å²) in [6.45, 7) is 9.97. The van der Waals surface area contributed by atoms with E-state index < -0.39 is 5.60 Å². The molecule has 48 heavy (non-hydrogen) atoms. The molecule has 3 aliphatic heterocycles. The monoisotopic (exact) mass is 657 g/mol. The van der Waals surface area contributed by atoms with E-state index in [-0.39, 0.29) is 35.1 Å². The number of nitrogens with zero attached hydrogens (tertiary/aromatic N) is 5. The molecule has 254 valence electrons. The van der Waals surface area contributed by atoms with Gasteiger partial charge < -0.3 is 24.6 Å². The second kappa shape index (κ2) is 12.4. The molecule has 0 radical (unpaired) electrons. The summed E-state index contributed by atoms with van der Waals surface area (Å²) in [5.41, 5.74) is 2.14. The molecule has 3 saturated heterocycles. The molecule has 7 rings (SSSR count). The average Bonchev–Trinajstić information content (AvgIpc) is 3.61. The van der Waals surface area contributed by atoms with Gasteiger partial charge in [-0.05, 0) is 99.9 Å². The predicted molar refractivity (Wildman–Crippen MR) is 182 cm³/mol. The maximum absolute atomic E-state index is 15.1. The van der Waals surface area contributed by atoms with Crippen LogP contribution in [0.1, 0.15) is 70.4 Å². The van der Waals surface area contributed by atoms with E-state index in [2.05, 4.69) is 9.80 Å². The van der Waals surface area contributed by atoms with Gasteiger partial charge in [-0.1, -0.05) is 13.0 Å². The first-order valence-electron chi connectivity index (χ1n) is 17.1. The Morgan fingerprint density at radius 2 is 1.96 bits per heavy atom. The highest BCUT2D eigenvalue weighted by Crippen LogP contribution is 2.44. The number of benzene rings is 2. The molecule has 5 heterocycles. The van der Waals surface area contributed by atoms with Crippen LogP contribution in [0.3, 0.4) is 0 Å². The predicted octanol–water partition coefficient (Wildman–Crippen LogP) is 5.85. The minimum Gasteiger partial charge on any atom is -0.508 e. The Labute approximate surface area is 279 Å². The molecule has 0 spiro atoms. The lowest BCUT2D eigenvalue weighted by Gasteiger charge is -2.38. The summed E-state index contributed by atoms with van der Waals surface area (Å²) in [6, 6.07) is 6.82. The fraction of sp³-hybridized carbons (Fsp3) is 0.514. The Morgan fingerprint density at radius 1 is 1.15 bits per heavy atom. The number of hydrogen-bond donors (Lipinski definition) is 2. The van der Waals surface area contributed by atoms with Gasteiger partial charge in [0.05, 0.1) is 27.7 Å². The number of β-amino-alcohol motifs (C(OH)–C–C–N with tert-alkyl or cyclic N) is 1. The molecule has 11 heteroatoms. The molecule has 3 aliphatic rings. The van der Waals surface area contributed by atoms with E-state index in [0.717, 1.165) is 55.0 Å². The van der Waals surface area contributed by atoms with Crippen LogP contribution in [0.25, 0.3) is 32.9 Å². The van der Waals surface area contributed by atoms with Gasteiger partial charge in [-0.3, -0.25) is 14.7 Å². The van der Waals surface area contributed by atoms with Crippen molar-refractivity contribution in [2.24, 2.45) is 0 Å². The third kappa shape index (κ3) is 5.81. The van der Waals surface area contributed by atoms with Crippen molar-refractivity contribution in [1.29, 1.82) is 0 Å². The van der Waals surface area contributed by atoms with E-state index in [1.54, 1.807) is 24.4 Å². The number of fused-ring (bicyclic) bond motifs is 3. The zero-order valence-electron chi connectivity index (χ0n) is 28.2. The van der Waals surface area contributed by atoms with Gasteiger partial charge in [0.25, 0.3) is 0 Å². The van der Waals surface area contributed by atoms with Crippen molar-refractivity contribution in [3.63, 3.8) is 0 Å². The highest BCUT2D eigenvalue weighted by Gasteiger charge is 2.50. The molecule has 3 fully saturated rings. The maximum Gasteiger partial charge on any atom is 0.319 e. The minimum atomic E-state index is -0.871. The Bertz CT molecular complexity index is 1900. The summed E-state index contributed by atoms with van der Waals surface area (Å²) in [5.74, 6) is 0.156. The highest BCUT2D eigenvalue weighted by atomic mass is 19.1. The molecule has 10 nitrogen and oxygen atoms in total. The van der Waals surface area contributed by atoms with Crippen LogP contribution in [0, 0.1) is 12.7 Å². The number of hydrogen-bond acceptors (Lipinski definition) is 10. The number of aromatic hydroxyl groups is 1. The van der Waals surface area contributed by atoms with Gasteiger partial charge in [0, 0.05) is 43.4 Å². The third-order valence-electron chi connectivity index (χ3n) is 10.7. The number of rotatable bonds is 8. The zero-order chi connectivity index (χ0) is 33.8. The van der Waals surface area contributed by atoms with Crippen molar-refractivity contribution in [3.05, 3.63) is 47.4 Å². The fourth-order valence-electron chi connectivity index (χ4n) is 8.39. The van der Waals surface area contributed by atoms with Crippen LogP contribution in [0.4, 0.5) is 10.2 Å². The second-order valence-corrected chi connectivity index (χ2v) is 14.1. The van der Waals surface area contributed by atoms with Crippen molar-refractivity contribution in [2.75, 3.05) is 37.7 Å². The largest absolute Gasteiger partial charge is 0.508 e. The van der Waals surface area contributed by atoms with E-state index in [9.17, 15) is 15.0 Å². The summed E-state index contributed by atoms with van der Waals surface area (Å²) in [7, 11) is 0. The molecule has 0 aliphatic carbocycles. The molecule has 2 aromatic carbocycles. The van der Waals surface area contributed by atoms with Crippen LogP contribution in [0.2, 0.25) is 0 Å². The number of aromatic nitrogens is 3. The first-order valence-corrected chi connectivity index (χ1v) is 17.1. The SMILES string of the molecule is CCc1c(F)ccc2cc(O)cc(-c3ncc4c(N5CCC[C@@](C)(O)C5)nc(OC[C@@]56CCCN5C(COC(C)=O)CC6)nc4c3C)c12. The number of esters is 1. The van der Waals surface area contributed by atoms with Crippen LogP contribution in [0.5, 0.6) is 11.8 Å². The Balaban J connectivity index is 1.32. The quantitative estimate of drug-likeness (QED) is 0.223. The van der Waals surface area contributed by atoms with Gasteiger partial charge in [0.2, 0.25) is 0 Å². The molecule has 2 N–H and O–H groups in total. The second-order valence-electron chi connectivity index (χ2n) is 14.1. The topological polar surface area (TPSA) is 121 Å². The summed E-state index contributed by atoms with van der Waals surface area (Å²) >= 11 is 0. The maximum atomic E-state index is 15.1.